The van der Waals surface area contributed by atoms with Gasteiger partial charge >= 0.3 is 0 Å². The molecular weight excluding hydrogens is 172 g/mol. The largest absolute Gasteiger partial charge is 1.00 e. The Labute approximate surface area is 57.6 Å². The molecule has 1 aromatic heterocycles. The smallest absolute Gasteiger partial charge is 0.211 e. The first-order chi connectivity index (χ1) is 3.00. The zero-order valence-electron chi connectivity index (χ0n) is 3.67. The second-order valence-electron chi connectivity index (χ2n) is 0.986. The lowest BCUT2D eigenvalue weighted by molar-refractivity contribution is -0.00000114. The molecule has 0 aliphatic heterocycles. The van der Waals surface area contributed by atoms with E-state index in [9.17, 15) is 0 Å². The minimum absolute atomic E-state index is 0. The average Bonchev–Trinajstić information content (AvgIpc) is 1.72. The van der Waals surface area contributed by atoms with Crippen molar-refractivity contribution in [2.75, 3.05) is 0 Å². The third-order valence-electron chi connectivity index (χ3n) is 0.536. The van der Waals surface area contributed by atoms with Gasteiger partial charge in [0.25, 0.3) is 0 Å². The molecule has 0 fully saturated rings. The van der Waals surface area contributed by atoms with Crippen LogP contribution in [0, 0.1) is 0 Å². The highest BCUT2D eigenvalue weighted by atomic mass is 79.9. The van der Waals surface area contributed by atoms with Crippen LogP contribution in [0.1, 0.15) is 0 Å². The van der Waals surface area contributed by atoms with Gasteiger partial charge in [0.2, 0.25) is 11.3 Å². The van der Waals surface area contributed by atoms with Gasteiger partial charge in [0.15, 0.2) is 10.8 Å². The molecule has 0 nitrogen and oxygen atoms in total. The van der Waals surface area contributed by atoms with Crippen LogP contribution in [0.5, 0.6) is 0 Å². The second-order valence-corrected chi connectivity index (χ2v) is 1.80. The fourth-order valence-electron chi connectivity index (χ4n) is 0.291. The molecule has 1 rings (SSSR count). The molecule has 0 radical (unpaired) electrons. The molecule has 0 saturated carbocycles. The third-order valence-corrected chi connectivity index (χ3v) is 1.17. The lowest BCUT2D eigenvalue weighted by Gasteiger charge is -1.56. The molecule has 0 atom stereocenters. The Balaban J connectivity index is 0.000000360. The predicted octanol–water partition coefficient (Wildman–Crippen LogP) is -0.967. The Kier molecular flexibility index (Phi) is 4.25. The molecule has 1 aromatic rings. The highest BCUT2D eigenvalue weighted by Crippen LogP contribution is 1.90. The van der Waals surface area contributed by atoms with Gasteiger partial charge in [-0.1, -0.05) is 6.07 Å². The molecule has 1 heterocycles. The first-order valence-corrected chi connectivity index (χ1v) is 2.75. The summed E-state index contributed by atoms with van der Waals surface area (Å²) in [5.74, 6) is 0. The van der Waals surface area contributed by atoms with E-state index in [1.807, 2.05) is 29.0 Å². The van der Waals surface area contributed by atoms with Crippen LogP contribution in [-0.2, 0) is 0 Å². The topological polar surface area (TPSA) is 0 Å². The van der Waals surface area contributed by atoms with Gasteiger partial charge in [-0.25, -0.2) is 0 Å². The molecule has 0 aliphatic rings. The van der Waals surface area contributed by atoms with Gasteiger partial charge in [0.1, 0.15) is 0 Å². The fraction of sp³-hybridized carbons (Fsp3) is 0. The standard InChI is InChI=1S/C5H5S.BrH/c1-2-4-6-5-3-1;/h1-5H;1H/q+1;/p-1. The molecule has 0 spiro atoms. The van der Waals surface area contributed by atoms with Gasteiger partial charge in [0.05, 0.1) is 0 Å². The van der Waals surface area contributed by atoms with Crippen LogP contribution in [-0.4, -0.2) is 0 Å². The van der Waals surface area contributed by atoms with E-state index in [4.69, 9.17) is 0 Å². The Morgan fingerprint density at radius 3 is 1.57 bits per heavy atom. The molecular formula is C5H5BrS. The fourth-order valence-corrected chi connectivity index (χ4v) is 0.745. The van der Waals surface area contributed by atoms with E-state index < -0.39 is 0 Å². The van der Waals surface area contributed by atoms with Crippen LogP contribution in [0.4, 0.5) is 0 Å². The van der Waals surface area contributed by atoms with Crippen LogP contribution in [0.2, 0.25) is 0 Å². The van der Waals surface area contributed by atoms with Crippen molar-refractivity contribution in [3.05, 3.63) is 29.0 Å². The van der Waals surface area contributed by atoms with Gasteiger partial charge in [-0.05, 0) is 12.1 Å². The van der Waals surface area contributed by atoms with Gasteiger partial charge in [-0.2, -0.15) is 0 Å². The zero-order chi connectivity index (χ0) is 4.24. The summed E-state index contributed by atoms with van der Waals surface area (Å²) in [4.78, 5) is 0. The van der Waals surface area contributed by atoms with Crippen molar-refractivity contribution in [3.8, 4) is 0 Å². The van der Waals surface area contributed by atoms with Gasteiger partial charge in [-0.3, -0.25) is 0 Å². The van der Waals surface area contributed by atoms with Gasteiger partial charge in [0, 0.05) is 0 Å². The summed E-state index contributed by atoms with van der Waals surface area (Å²) >= 11 is 1.70. The van der Waals surface area contributed by atoms with Crippen molar-refractivity contribution in [2.24, 2.45) is 0 Å². The normalized spacial score (nSPS) is 6.86. The van der Waals surface area contributed by atoms with Crippen LogP contribution < -0.4 is 17.0 Å². The van der Waals surface area contributed by atoms with E-state index in [1.165, 1.54) is 0 Å². The van der Waals surface area contributed by atoms with Gasteiger partial charge < -0.3 is 17.0 Å². The maximum Gasteiger partial charge on any atom is 0.211 e. The molecule has 0 aromatic carbocycles. The second kappa shape index (κ2) is 4.22. The summed E-state index contributed by atoms with van der Waals surface area (Å²) in [6, 6.07) is 6.05. The van der Waals surface area contributed by atoms with Crippen LogP contribution in [0.15, 0.2) is 29.0 Å². The first kappa shape index (κ1) is 7.05. The Hall–Kier alpha value is 0.0500. The summed E-state index contributed by atoms with van der Waals surface area (Å²) in [5, 5.41) is 4.08. The average molecular weight is 177 g/mol. The molecule has 7 heavy (non-hydrogen) atoms. The molecule has 0 saturated heterocycles. The van der Waals surface area contributed by atoms with Crippen molar-refractivity contribution in [1.29, 1.82) is 0 Å². The van der Waals surface area contributed by atoms with E-state index in [0.29, 0.717) is 0 Å². The summed E-state index contributed by atoms with van der Waals surface area (Å²) in [6.45, 7) is 0. The Morgan fingerprint density at radius 1 is 0.857 bits per heavy atom. The van der Waals surface area contributed by atoms with Crippen molar-refractivity contribution < 1.29 is 17.0 Å². The third kappa shape index (κ3) is 2.71. The monoisotopic (exact) mass is 176 g/mol. The van der Waals surface area contributed by atoms with Crippen LogP contribution in [0.3, 0.4) is 0 Å². The molecule has 2 heteroatoms. The lowest BCUT2D eigenvalue weighted by Crippen LogP contribution is -3.00. The number of hydrogen-bond donors (Lipinski definition) is 0. The highest BCUT2D eigenvalue weighted by Gasteiger charge is 1.74. The minimum atomic E-state index is 0. The predicted molar refractivity (Wildman–Crippen MR) is 28.7 cm³/mol. The zero-order valence-corrected chi connectivity index (χ0v) is 6.08. The van der Waals surface area contributed by atoms with E-state index in [2.05, 4.69) is 0 Å². The minimum Gasteiger partial charge on any atom is -1.00 e. The molecule has 0 bridgehead atoms. The van der Waals surface area contributed by atoms with Gasteiger partial charge in [-0.15, -0.1) is 0 Å². The van der Waals surface area contributed by atoms with Crippen molar-refractivity contribution in [1.82, 2.24) is 0 Å². The SMILES string of the molecule is [Br-].c1cc[s+]cc1. The van der Waals surface area contributed by atoms with E-state index in [0.717, 1.165) is 0 Å². The van der Waals surface area contributed by atoms with E-state index >= 15 is 0 Å². The molecule has 0 unspecified atom stereocenters. The van der Waals surface area contributed by atoms with Crippen LogP contribution in [0.25, 0.3) is 0 Å². The number of rotatable bonds is 0. The highest BCUT2D eigenvalue weighted by molar-refractivity contribution is 7.07. The van der Waals surface area contributed by atoms with Crippen LogP contribution >= 0.6 is 11.3 Å². The summed E-state index contributed by atoms with van der Waals surface area (Å²) in [6.07, 6.45) is 0. The lowest BCUT2D eigenvalue weighted by atomic mass is 10.6. The van der Waals surface area contributed by atoms with E-state index in [-0.39, 0.29) is 17.0 Å². The summed E-state index contributed by atoms with van der Waals surface area (Å²) in [7, 11) is 0. The van der Waals surface area contributed by atoms with Crippen molar-refractivity contribution in [3.63, 3.8) is 0 Å². The number of hydrogen-bond acceptors (Lipinski definition) is 0. The number of halogens is 1. The van der Waals surface area contributed by atoms with E-state index in [1.54, 1.807) is 11.3 Å². The first-order valence-electron chi connectivity index (χ1n) is 1.80. The quantitative estimate of drug-likeness (QED) is 0.447. The molecule has 38 valence electrons. The summed E-state index contributed by atoms with van der Waals surface area (Å²) in [5.41, 5.74) is 0. The Morgan fingerprint density at radius 2 is 1.43 bits per heavy atom. The maximum atomic E-state index is 2.04. The Bertz CT molecular complexity index is 80.0. The molecule has 0 aliphatic carbocycles. The van der Waals surface area contributed by atoms with Crippen molar-refractivity contribution in [2.45, 2.75) is 0 Å². The molecule has 0 amide bonds. The molecule has 0 N–H and O–H groups in total. The maximum absolute atomic E-state index is 2.04. The summed E-state index contributed by atoms with van der Waals surface area (Å²) < 4.78 is 0. The van der Waals surface area contributed by atoms with Crippen molar-refractivity contribution >= 4 is 11.3 Å².